The van der Waals surface area contributed by atoms with Crippen molar-refractivity contribution in [2.45, 2.75) is 13.8 Å². The van der Waals surface area contributed by atoms with E-state index in [9.17, 15) is 13.4 Å². The molecule has 6 aromatic rings. The largest absolute Gasteiger partial charge is 0.796 e. The summed E-state index contributed by atoms with van der Waals surface area (Å²) < 4.78 is 32.2. The smallest absolute Gasteiger partial charge is 0.503 e. The molecular weight excluding hydrogens is 457 g/mol. The Kier molecular flexibility index (Phi) is 5.14. The average Bonchev–Trinajstić information content (AvgIpc) is 3.40. The van der Waals surface area contributed by atoms with E-state index in [0.29, 0.717) is 11.4 Å². The van der Waals surface area contributed by atoms with Crippen molar-refractivity contribution in [1.82, 2.24) is 9.97 Å². The van der Waals surface area contributed by atoms with Gasteiger partial charge < -0.3 is 14.6 Å². The molecule has 2 N–H and O–H groups in total. The third kappa shape index (κ3) is 3.47. The van der Waals surface area contributed by atoms with Gasteiger partial charge in [-0.2, -0.15) is 0 Å². The topological polar surface area (TPSA) is 57.9 Å². The molecule has 0 radical (unpaired) electrons. The van der Waals surface area contributed by atoms with E-state index in [0.717, 1.165) is 60.6 Å². The molecule has 7 heteroatoms. The minimum Gasteiger partial charge on any atom is -0.503 e. The lowest BCUT2D eigenvalue weighted by Gasteiger charge is -2.09. The van der Waals surface area contributed by atoms with E-state index in [1.54, 1.807) is 0 Å². The lowest BCUT2D eigenvalue weighted by atomic mass is 10.00. The van der Waals surface area contributed by atoms with Gasteiger partial charge in [0.15, 0.2) is 0 Å². The molecule has 4 aromatic carbocycles. The summed E-state index contributed by atoms with van der Waals surface area (Å²) in [7, 11) is -3.10. The van der Waals surface area contributed by atoms with Crippen LogP contribution in [0.2, 0.25) is 0 Å². The molecule has 2 heterocycles. The molecule has 0 bridgehead atoms. The SMILES string of the molecule is Cc1[nH]c(C(=O)/C=C(/OB(F)F)c2[nH]c(C)c3ccc4ccccc4c23)c2c1ccc1ccccc12. The number of allylic oxidation sites excluding steroid dienone is 1. The van der Waals surface area contributed by atoms with Crippen molar-refractivity contribution in [3.8, 4) is 0 Å². The van der Waals surface area contributed by atoms with Gasteiger partial charge in [0.25, 0.3) is 0 Å². The molecule has 0 amide bonds. The summed E-state index contributed by atoms with van der Waals surface area (Å²) in [5, 5.41) is 7.05. The number of carbonyl (C=O) groups is 1. The van der Waals surface area contributed by atoms with E-state index in [1.807, 2.05) is 86.6 Å². The second-order valence-electron chi connectivity index (χ2n) is 8.92. The molecule has 0 fully saturated rings. The van der Waals surface area contributed by atoms with E-state index in [1.165, 1.54) is 0 Å². The standard InChI is InChI=1S/C29H21BF2N2O2/c1-16-20-13-11-18-7-3-5-9-22(18)26(20)28(33-16)24(35)15-25(36-30(31)32)29-27-21(17(2)34-29)14-12-19-8-4-6-10-23(19)27/h3-15,33-34H,1-2H3/b25-15+. The number of nitrogens with one attached hydrogen (secondary N) is 2. The quantitative estimate of drug-likeness (QED) is 0.115. The normalized spacial score (nSPS) is 12.2. The Morgan fingerprint density at radius 2 is 1.22 bits per heavy atom. The molecule has 0 aliphatic rings. The van der Waals surface area contributed by atoms with Crippen LogP contribution < -0.4 is 0 Å². The first-order valence-electron chi connectivity index (χ1n) is 11.6. The molecule has 0 saturated carbocycles. The highest BCUT2D eigenvalue weighted by Crippen LogP contribution is 2.36. The fourth-order valence-corrected chi connectivity index (χ4v) is 5.16. The van der Waals surface area contributed by atoms with Gasteiger partial charge in [-0.1, -0.05) is 72.8 Å². The number of carbonyl (C=O) groups excluding carboxylic acids is 1. The van der Waals surface area contributed by atoms with Gasteiger partial charge >= 0.3 is 7.47 Å². The average molecular weight is 478 g/mol. The fourth-order valence-electron chi connectivity index (χ4n) is 5.16. The number of aromatic amines is 2. The summed E-state index contributed by atoms with van der Waals surface area (Å²) in [5.74, 6) is -0.647. The van der Waals surface area contributed by atoms with Crippen LogP contribution in [-0.4, -0.2) is 23.2 Å². The summed E-state index contributed by atoms with van der Waals surface area (Å²) in [6.07, 6.45) is 1.16. The van der Waals surface area contributed by atoms with E-state index >= 15 is 0 Å². The zero-order valence-corrected chi connectivity index (χ0v) is 19.7. The fraction of sp³-hybridized carbons (Fsp3) is 0.0690. The van der Waals surface area contributed by atoms with Gasteiger partial charge in [-0.3, -0.25) is 4.79 Å². The monoisotopic (exact) mass is 478 g/mol. The van der Waals surface area contributed by atoms with Crippen LogP contribution in [0.4, 0.5) is 8.63 Å². The first kappa shape index (κ1) is 22.1. The van der Waals surface area contributed by atoms with E-state index in [-0.39, 0.29) is 5.76 Å². The summed E-state index contributed by atoms with van der Waals surface area (Å²) in [6.45, 7) is 3.76. The first-order chi connectivity index (χ1) is 17.4. The Hall–Kier alpha value is -4.39. The van der Waals surface area contributed by atoms with Crippen LogP contribution in [0.25, 0.3) is 48.8 Å². The zero-order valence-electron chi connectivity index (χ0n) is 19.7. The van der Waals surface area contributed by atoms with Crippen molar-refractivity contribution in [1.29, 1.82) is 0 Å². The third-order valence-corrected chi connectivity index (χ3v) is 6.76. The van der Waals surface area contributed by atoms with Crippen molar-refractivity contribution in [3.05, 3.63) is 102 Å². The molecule has 0 aliphatic heterocycles. The van der Waals surface area contributed by atoms with Crippen LogP contribution in [0.3, 0.4) is 0 Å². The predicted octanol–water partition coefficient (Wildman–Crippen LogP) is 7.74. The summed E-state index contributed by atoms with van der Waals surface area (Å²) in [5.41, 5.74) is 2.32. The van der Waals surface area contributed by atoms with E-state index in [2.05, 4.69) is 9.97 Å². The van der Waals surface area contributed by atoms with Crippen LogP contribution in [0.5, 0.6) is 0 Å². The van der Waals surface area contributed by atoms with Crippen LogP contribution in [0.1, 0.15) is 27.6 Å². The lowest BCUT2D eigenvalue weighted by molar-refractivity contribution is 0.104. The molecule has 0 atom stereocenters. The van der Waals surface area contributed by atoms with Crippen molar-refractivity contribution < 1.29 is 18.1 Å². The van der Waals surface area contributed by atoms with Gasteiger partial charge in [-0.15, -0.1) is 0 Å². The Morgan fingerprint density at radius 1 is 0.722 bits per heavy atom. The van der Waals surface area contributed by atoms with Crippen LogP contribution in [-0.2, 0) is 4.65 Å². The number of aromatic nitrogens is 2. The number of benzene rings is 4. The van der Waals surface area contributed by atoms with Gasteiger partial charge in [-0.05, 0) is 35.4 Å². The Morgan fingerprint density at radius 3 is 1.78 bits per heavy atom. The number of H-pyrrole nitrogens is 2. The summed E-state index contributed by atoms with van der Waals surface area (Å²) in [6, 6.07) is 23.4. The molecular formula is C29H21BF2N2O2. The van der Waals surface area contributed by atoms with Crippen LogP contribution in [0.15, 0.2) is 78.9 Å². The van der Waals surface area contributed by atoms with Crippen molar-refractivity contribution in [2.24, 2.45) is 0 Å². The Labute approximate surface area is 205 Å². The molecule has 4 nitrogen and oxygen atoms in total. The minimum atomic E-state index is -3.10. The highest BCUT2D eigenvalue weighted by molar-refractivity contribution is 6.36. The van der Waals surface area contributed by atoms with Crippen molar-refractivity contribution in [3.63, 3.8) is 0 Å². The lowest BCUT2D eigenvalue weighted by Crippen LogP contribution is -2.07. The second kappa shape index (κ2) is 8.38. The maximum Gasteiger partial charge on any atom is 0.796 e. The summed E-state index contributed by atoms with van der Waals surface area (Å²) >= 11 is 0. The second-order valence-corrected chi connectivity index (χ2v) is 8.92. The third-order valence-electron chi connectivity index (χ3n) is 6.76. The number of rotatable bonds is 5. The van der Waals surface area contributed by atoms with Gasteiger partial charge in [0.1, 0.15) is 5.76 Å². The number of aryl methyl sites for hydroxylation is 2. The van der Waals surface area contributed by atoms with Crippen molar-refractivity contribution >= 4 is 62.1 Å². The van der Waals surface area contributed by atoms with E-state index in [4.69, 9.17) is 4.65 Å². The maximum absolute atomic E-state index is 13.6. The number of hydrogen-bond donors (Lipinski definition) is 2. The zero-order chi connectivity index (χ0) is 25.0. The first-order valence-corrected chi connectivity index (χ1v) is 11.6. The Bertz CT molecular complexity index is 1850. The van der Waals surface area contributed by atoms with Gasteiger partial charge in [-0.25, -0.2) is 8.63 Å². The number of halogens is 2. The highest BCUT2D eigenvalue weighted by Gasteiger charge is 2.26. The molecule has 0 aliphatic carbocycles. The van der Waals surface area contributed by atoms with Gasteiger partial charge in [0, 0.05) is 39.0 Å². The number of ketones is 1. The minimum absolute atomic E-state index is 0.204. The van der Waals surface area contributed by atoms with Gasteiger partial charge in [0.05, 0.1) is 11.4 Å². The molecule has 6 rings (SSSR count). The molecule has 176 valence electrons. The predicted molar refractivity (Wildman–Crippen MR) is 142 cm³/mol. The highest BCUT2D eigenvalue weighted by atomic mass is 19.2. The van der Waals surface area contributed by atoms with Crippen LogP contribution in [0, 0.1) is 13.8 Å². The molecule has 0 spiro atoms. The van der Waals surface area contributed by atoms with Crippen LogP contribution >= 0.6 is 0 Å². The Balaban J connectivity index is 1.59. The number of hydrogen-bond acceptors (Lipinski definition) is 2. The molecule has 2 aromatic heterocycles. The van der Waals surface area contributed by atoms with E-state index < -0.39 is 13.3 Å². The molecule has 0 unspecified atom stereocenters. The van der Waals surface area contributed by atoms with Crippen molar-refractivity contribution in [2.75, 3.05) is 0 Å². The molecule has 36 heavy (non-hydrogen) atoms. The maximum atomic E-state index is 13.6. The number of fused-ring (bicyclic) bond motifs is 6. The summed E-state index contributed by atoms with van der Waals surface area (Å²) in [4.78, 5) is 20.0. The van der Waals surface area contributed by atoms with Gasteiger partial charge in [0.2, 0.25) is 5.78 Å². The molecule has 0 saturated heterocycles.